The van der Waals surface area contributed by atoms with Crippen molar-refractivity contribution in [2.24, 2.45) is 5.92 Å². The Hall–Kier alpha value is -0.320. The van der Waals surface area contributed by atoms with E-state index in [0.717, 1.165) is 32.5 Å². The van der Waals surface area contributed by atoms with Crippen LogP contribution >= 0.6 is 12.4 Å². The van der Waals surface area contributed by atoms with Crippen molar-refractivity contribution in [3.05, 3.63) is 0 Å². The van der Waals surface area contributed by atoms with Crippen LogP contribution in [0.25, 0.3) is 0 Å². The first kappa shape index (κ1) is 17.7. The molecule has 3 atom stereocenters. The zero-order valence-corrected chi connectivity index (χ0v) is 13.6. The molecular formula is C15H29ClN2O2. The van der Waals surface area contributed by atoms with Crippen LogP contribution in [0.15, 0.2) is 0 Å². The molecule has 3 unspecified atom stereocenters. The van der Waals surface area contributed by atoms with E-state index in [0.29, 0.717) is 30.9 Å². The van der Waals surface area contributed by atoms with Crippen molar-refractivity contribution >= 4 is 18.3 Å². The van der Waals surface area contributed by atoms with E-state index in [2.05, 4.69) is 24.1 Å². The average molecular weight is 305 g/mol. The number of carbonyl (C=O) groups excluding carboxylic acids is 1. The summed E-state index contributed by atoms with van der Waals surface area (Å²) in [5, 5.41) is 3.37. The van der Waals surface area contributed by atoms with Crippen LogP contribution in [0.1, 0.15) is 46.0 Å². The van der Waals surface area contributed by atoms with Gasteiger partial charge in [-0.2, -0.15) is 0 Å². The van der Waals surface area contributed by atoms with E-state index >= 15 is 0 Å². The molecule has 0 saturated carbocycles. The number of hydrogen-bond donors (Lipinski definition) is 1. The third-order valence-corrected chi connectivity index (χ3v) is 4.59. The van der Waals surface area contributed by atoms with Crippen molar-refractivity contribution in [3.8, 4) is 0 Å². The minimum absolute atomic E-state index is 0. The van der Waals surface area contributed by atoms with Gasteiger partial charge in [0, 0.05) is 31.6 Å². The molecule has 20 heavy (non-hydrogen) atoms. The van der Waals surface area contributed by atoms with Crippen LogP contribution < -0.4 is 5.32 Å². The summed E-state index contributed by atoms with van der Waals surface area (Å²) in [6.45, 7) is 7.75. The first-order valence-electron chi connectivity index (χ1n) is 7.83. The molecule has 0 aliphatic carbocycles. The molecule has 2 saturated heterocycles. The summed E-state index contributed by atoms with van der Waals surface area (Å²) in [5.41, 5.74) is 0. The number of halogens is 1. The fraction of sp³-hybridized carbons (Fsp3) is 0.933. The summed E-state index contributed by atoms with van der Waals surface area (Å²) in [4.78, 5) is 14.7. The molecule has 0 spiro atoms. The van der Waals surface area contributed by atoms with Gasteiger partial charge in [0.1, 0.15) is 0 Å². The molecule has 0 radical (unpaired) electrons. The largest absolute Gasteiger partial charge is 0.378 e. The Labute approximate surface area is 129 Å². The minimum Gasteiger partial charge on any atom is -0.378 e. The molecule has 118 valence electrons. The molecule has 2 fully saturated rings. The smallest absolute Gasteiger partial charge is 0.224 e. The second-order valence-electron chi connectivity index (χ2n) is 5.97. The third kappa shape index (κ3) is 4.61. The van der Waals surface area contributed by atoms with Crippen LogP contribution in [-0.4, -0.2) is 49.2 Å². The SMILES string of the molecule is CCC(C)C1CCCCN1C(=O)CC1COCCN1.Cl. The van der Waals surface area contributed by atoms with Crippen molar-refractivity contribution in [2.45, 2.75) is 58.0 Å². The average Bonchev–Trinajstić information content (AvgIpc) is 2.47. The predicted molar refractivity (Wildman–Crippen MR) is 83.3 cm³/mol. The Kier molecular flexibility index (Phi) is 7.85. The maximum absolute atomic E-state index is 12.5. The van der Waals surface area contributed by atoms with E-state index in [1.807, 2.05) is 0 Å². The van der Waals surface area contributed by atoms with Gasteiger partial charge in [-0.1, -0.05) is 20.3 Å². The molecule has 0 aromatic rings. The molecule has 4 nitrogen and oxygen atoms in total. The highest BCUT2D eigenvalue weighted by molar-refractivity contribution is 5.85. The molecule has 2 heterocycles. The lowest BCUT2D eigenvalue weighted by Crippen LogP contribution is -2.50. The monoisotopic (exact) mass is 304 g/mol. The number of carbonyl (C=O) groups is 1. The molecular weight excluding hydrogens is 276 g/mol. The van der Waals surface area contributed by atoms with Crippen LogP contribution in [0, 0.1) is 5.92 Å². The van der Waals surface area contributed by atoms with Gasteiger partial charge in [0.2, 0.25) is 5.91 Å². The van der Waals surface area contributed by atoms with E-state index in [4.69, 9.17) is 4.74 Å². The quantitative estimate of drug-likeness (QED) is 0.866. The molecule has 1 amide bonds. The second kappa shape index (κ2) is 8.85. The number of nitrogens with one attached hydrogen (secondary N) is 1. The Balaban J connectivity index is 0.00000200. The highest BCUT2D eigenvalue weighted by Crippen LogP contribution is 2.26. The van der Waals surface area contributed by atoms with Gasteiger partial charge in [-0.3, -0.25) is 4.79 Å². The number of amides is 1. The zero-order chi connectivity index (χ0) is 13.7. The van der Waals surface area contributed by atoms with E-state index in [9.17, 15) is 4.79 Å². The summed E-state index contributed by atoms with van der Waals surface area (Å²) in [7, 11) is 0. The Morgan fingerprint density at radius 3 is 2.90 bits per heavy atom. The normalized spacial score (nSPS) is 28.6. The molecule has 0 aromatic carbocycles. The number of morpholine rings is 1. The van der Waals surface area contributed by atoms with E-state index in [1.54, 1.807) is 0 Å². The lowest BCUT2D eigenvalue weighted by molar-refractivity contribution is -0.137. The van der Waals surface area contributed by atoms with Gasteiger partial charge in [0.15, 0.2) is 0 Å². The molecule has 1 N–H and O–H groups in total. The van der Waals surface area contributed by atoms with Crippen molar-refractivity contribution in [3.63, 3.8) is 0 Å². The minimum atomic E-state index is 0. The first-order valence-corrected chi connectivity index (χ1v) is 7.83. The zero-order valence-electron chi connectivity index (χ0n) is 12.8. The van der Waals surface area contributed by atoms with Gasteiger partial charge in [-0.15, -0.1) is 12.4 Å². The van der Waals surface area contributed by atoms with Crippen LogP contribution in [0.4, 0.5) is 0 Å². The highest BCUT2D eigenvalue weighted by Gasteiger charge is 2.31. The van der Waals surface area contributed by atoms with Gasteiger partial charge in [0.25, 0.3) is 0 Å². The van der Waals surface area contributed by atoms with Crippen LogP contribution in [0.5, 0.6) is 0 Å². The van der Waals surface area contributed by atoms with Gasteiger partial charge >= 0.3 is 0 Å². The van der Waals surface area contributed by atoms with Crippen LogP contribution in [0.3, 0.4) is 0 Å². The number of nitrogens with zero attached hydrogens (tertiary/aromatic N) is 1. The maximum atomic E-state index is 12.5. The standard InChI is InChI=1S/C15H28N2O2.ClH/c1-3-12(2)14-6-4-5-8-17(14)15(18)10-13-11-19-9-7-16-13;/h12-14,16H,3-11H2,1-2H3;1H. The molecule has 2 aliphatic rings. The van der Waals surface area contributed by atoms with Gasteiger partial charge in [-0.25, -0.2) is 0 Å². The number of likely N-dealkylation sites (tertiary alicyclic amines) is 1. The van der Waals surface area contributed by atoms with Crippen molar-refractivity contribution in [1.29, 1.82) is 0 Å². The Morgan fingerprint density at radius 2 is 2.25 bits per heavy atom. The summed E-state index contributed by atoms with van der Waals surface area (Å²) in [6.07, 6.45) is 5.35. The number of piperidine rings is 1. The molecule has 0 bridgehead atoms. The topological polar surface area (TPSA) is 41.6 Å². The lowest BCUT2D eigenvalue weighted by Gasteiger charge is -2.40. The lowest BCUT2D eigenvalue weighted by atomic mass is 9.89. The number of rotatable bonds is 4. The maximum Gasteiger partial charge on any atom is 0.224 e. The van der Waals surface area contributed by atoms with Crippen molar-refractivity contribution in [1.82, 2.24) is 10.2 Å². The molecule has 2 aliphatic heterocycles. The van der Waals surface area contributed by atoms with E-state index in [1.165, 1.54) is 12.8 Å². The highest BCUT2D eigenvalue weighted by atomic mass is 35.5. The number of ether oxygens (including phenoxy) is 1. The van der Waals surface area contributed by atoms with E-state index in [-0.39, 0.29) is 18.4 Å². The third-order valence-electron chi connectivity index (χ3n) is 4.59. The molecule has 5 heteroatoms. The summed E-state index contributed by atoms with van der Waals surface area (Å²) in [5.74, 6) is 0.924. The summed E-state index contributed by atoms with van der Waals surface area (Å²) < 4.78 is 5.43. The molecule has 0 aromatic heterocycles. The summed E-state index contributed by atoms with van der Waals surface area (Å²) >= 11 is 0. The summed E-state index contributed by atoms with van der Waals surface area (Å²) in [6, 6.07) is 0.663. The van der Waals surface area contributed by atoms with Gasteiger partial charge < -0.3 is 15.0 Å². The molecule has 2 rings (SSSR count). The predicted octanol–water partition coefficient (Wildman–Crippen LogP) is 2.21. The fourth-order valence-corrected chi connectivity index (χ4v) is 3.21. The van der Waals surface area contributed by atoms with Gasteiger partial charge in [0.05, 0.1) is 13.2 Å². The van der Waals surface area contributed by atoms with E-state index < -0.39 is 0 Å². The van der Waals surface area contributed by atoms with Gasteiger partial charge in [-0.05, 0) is 25.2 Å². The fourth-order valence-electron chi connectivity index (χ4n) is 3.21. The first-order chi connectivity index (χ1) is 9.22. The Bertz CT molecular complexity index is 296. The van der Waals surface area contributed by atoms with Crippen LogP contribution in [0.2, 0.25) is 0 Å². The Morgan fingerprint density at radius 1 is 1.45 bits per heavy atom. The number of hydrogen-bond acceptors (Lipinski definition) is 3. The van der Waals surface area contributed by atoms with Crippen LogP contribution in [-0.2, 0) is 9.53 Å². The van der Waals surface area contributed by atoms with Crippen molar-refractivity contribution in [2.75, 3.05) is 26.3 Å². The van der Waals surface area contributed by atoms with Crippen molar-refractivity contribution < 1.29 is 9.53 Å². The second-order valence-corrected chi connectivity index (χ2v) is 5.97.